The number of rotatable bonds is 3. The van der Waals surface area contributed by atoms with Crippen LogP contribution in [-0.2, 0) is 19.4 Å². The van der Waals surface area contributed by atoms with Crippen molar-refractivity contribution in [2.75, 3.05) is 13.1 Å². The van der Waals surface area contributed by atoms with Gasteiger partial charge in [-0.25, -0.2) is 0 Å². The van der Waals surface area contributed by atoms with Gasteiger partial charge in [0, 0.05) is 5.92 Å². The highest BCUT2D eigenvalue weighted by Crippen LogP contribution is 2.28. The van der Waals surface area contributed by atoms with Crippen LogP contribution in [0.5, 0.6) is 0 Å². The van der Waals surface area contributed by atoms with E-state index in [2.05, 4.69) is 31.3 Å². The predicted molar refractivity (Wildman–Crippen MR) is 84.4 cm³/mol. The lowest BCUT2D eigenvalue weighted by atomic mass is 9.96. The summed E-state index contributed by atoms with van der Waals surface area (Å²) in [6, 6.07) is 2.16. The number of aromatic nitrogens is 6. The molecule has 3 aromatic heterocycles. The minimum Gasteiger partial charge on any atom is -0.338 e. The Morgan fingerprint density at radius 1 is 1.17 bits per heavy atom. The molecule has 1 aliphatic heterocycles. The number of fused-ring (bicyclic) bond motifs is 2. The highest BCUT2D eigenvalue weighted by molar-refractivity contribution is 5.43. The average Bonchev–Trinajstić information content (AvgIpc) is 3.34. The third-order valence-electron chi connectivity index (χ3n) is 5.16. The van der Waals surface area contributed by atoms with Gasteiger partial charge in [-0.2, -0.15) is 14.6 Å². The minimum atomic E-state index is 0.408. The normalized spacial score (nSPS) is 19.2. The molecule has 1 saturated heterocycles. The average molecular weight is 325 g/mol. The first kappa shape index (κ1) is 14.0. The molecule has 0 spiro atoms. The topological polar surface area (TPSA) is 85.2 Å². The maximum absolute atomic E-state index is 5.10. The van der Waals surface area contributed by atoms with E-state index in [0.29, 0.717) is 11.8 Å². The van der Waals surface area contributed by atoms with Crippen molar-refractivity contribution in [2.45, 2.75) is 44.6 Å². The molecule has 4 heterocycles. The summed E-state index contributed by atoms with van der Waals surface area (Å²) in [5.41, 5.74) is 3.45. The summed E-state index contributed by atoms with van der Waals surface area (Å²) in [6.45, 7) is 2.71. The Morgan fingerprint density at radius 2 is 2.08 bits per heavy atom. The van der Waals surface area contributed by atoms with Crippen molar-refractivity contribution < 1.29 is 4.52 Å². The van der Waals surface area contributed by atoms with E-state index in [1.54, 1.807) is 0 Å². The van der Waals surface area contributed by atoms with Crippen LogP contribution in [0.15, 0.2) is 16.9 Å². The monoisotopic (exact) mass is 325 g/mol. The van der Waals surface area contributed by atoms with Crippen molar-refractivity contribution in [3.8, 4) is 0 Å². The van der Waals surface area contributed by atoms with Gasteiger partial charge in [0.15, 0.2) is 17.8 Å². The second-order valence-corrected chi connectivity index (χ2v) is 6.68. The van der Waals surface area contributed by atoms with Gasteiger partial charge in [0.25, 0.3) is 0 Å². The molecule has 1 aliphatic carbocycles. The van der Waals surface area contributed by atoms with Gasteiger partial charge in [-0.3, -0.25) is 4.90 Å². The second-order valence-electron chi connectivity index (χ2n) is 6.68. The maximum Gasteiger partial charge on any atom is 0.240 e. The van der Waals surface area contributed by atoms with Crippen molar-refractivity contribution in [3.05, 3.63) is 35.4 Å². The lowest BCUT2D eigenvalue weighted by Gasteiger charge is -2.29. The molecule has 0 unspecified atom stereocenters. The molecule has 0 amide bonds. The lowest BCUT2D eigenvalue weighted by Crippen LogP contribution is -2.33. The van der Waals surface area contributed by atoms with Gasteiger partial charge >= 0.3 is 0 Å². The number of nitrogens with zero attached hydrogens (tertiary/aromatic N) is 7. The van der Waals surface area contributed by atoms with Gasteiger partial charge in [0.2, 0.25) is 5.89 Å². The molecule has 3 aromatic rings. The van der Waals surface area contributed by atoms with Gasteiger partial charge in [-0.1, -0.05) is 5.16 Å². The van der Waals surface area contributed by atoms with Crippen LogP contribution in [0.3, 0.4) is 0 Å². The Hall–Kier alpha value is -2.35. The van der Waals surface area contributed by atoms with E-state index in [-0.39, 0.29) is 0 Å². The Balaban J connectivity index is 1.34. The molecule has 0 saturated carbocycles. The van der Waals surface area contributed by atoms with Crippen molar-refractivity contribution >= 4 is 5.65 Å². The minimum absolute atomic E-state index is 0.408. The molecule has 0 N–H and O–H groups in total. The van der Waals surface area contributed by atoms with Crippen LogP contribution >= 0.6 is 0 Å². The molecule has 124 valence electrons. The highest BCUT2D eigenvalue weighted by atomic mass is 16.5. The standard InChI is InChI=1S/C16H19N7O/c1-2-12-8-14-19-20-16(23(14)21-13(12)3-1)11-4-6-22(7-5-11)9-15-17-10-18-24-15/h8,10-11H,1-7,9H2. The van der Waals surface area contributed by atoms with Crippen LogP contribution in [0.4, 0.5) is 0 Å². The van der Waals surface area contributed by atoms with E-state index < -0.39 is 0 Å². The zero-order chi connectivity index (χ0) is 15.9. The van der Waals surface area contributed by atoms with E-state index in [1.807, 2.05) is 4.52 Å². The van der Waals surface area contributed by atoms with Crippen molar-refractivity contribution in [3.63, 3.8) is 0 Å². The van der Waals surface area contributed by atoms with Gasteiger partial charge in [-0.05, 0) is 56.8 Å². The molecule has 5 rings (SSSR count). The van der Waals surface area contributed by atoms with Crippen LogP contribution in [-0.4, -0.2) is 47.9 Å². The fourth-order valence-electron chi connectivity index (χ4n) is 3.86. The van der Waals surface area contributed by atoms with Crippen molar-refractivity contribution in [1.82, 2.24) is 34.9 Å². The summed E-state index contributed by atoms with van der Waals surface area (Å²) in [4.78, 5) is 6.44. The molecule has 24 heavy (non-hydrogen) atoms. The van der Waals surface area contributed by atoms with Crippen LogP contribution < -0.4 is 0 Å². The third-order valence-corrected chi connectivity index (χ3v) is 5.16. The summed E-state index contributed by atoms with van der Waals surface area (Å²) in [6.07, 6.45) is 6.95. The number of hydrogen-bond donors (Lipinski definition) is 0. The fraction of sp³-hybridized carbons (Fsp3) is 0.562. The van der Waals surface area contributed by atoms with Crippen LogP contribution in [0.1, 0.15) is 48.2 Å². The largest absolute Gasteiger partial charge is 0.338 e. The SMILES string of the molecule is c1noc(CN2CCC(c3nnc4cc5c(nn34)CCC5)CC2)n1. The second kappa shape index (κ2) is 5.62. The summed E-state index contributed by atoms with van der Waals surface area (Å²) in [7, 11) is 0. The highest BCUT2D eigenvalue weighted by Gasteiger charge is 2.26. The molecule has 1 fully saturated rings. The first-order chi connectivity index (χ1) is 11.9. The predicted octanol–water partition coefficient (Wildman–Crippen LogP) is 1.38. The van der Waals surface area contributed by atoms with E-state index in [9.17, 15) is 0 Å². The third kappa shape index (κ3) is 2.37. The van der Waals surface area contributed by atoms with E-state index in [1.165, 1.54) is 24.0 Å². The first-order valence-electron chi connectivity index (χ1n) is 8.59. The molecular formula is C16H19N7O. The number of hydrogen-bond acceptors (Lipinski definition) is 7. The molecule has 0 bridgehead atoms. The molecule has 0 radical (unpaired) electrons. The quantitative estimate of drug-likeness (QED) is 0.719. The zero-order valence-electron chi connectivity index (χ0n) is 13.4. The molecular weight excluding hydrogens is 306 g/mol. The zero-order valence-corrected chi connectivity index (χ0v) is 13.4. The molecule has 0 aromatic carbocycles. The van der Waals surface area contributed by atoms with E-state index in [4.69, 9.17) is 9.62 Å². The molecule has 2 aliphatic rings. The smallest absolute Gasteiger partial charge is 0.240 e. The number of piperidine rings is 1. The van der Waals surface area contributed by atoms with Crippen molar-refractivity contribution in [1.29, 1.82) is 0 Å². The van der Waals surface area contributed by atoms with Crippen molar-refractivity contribution in [2.24, 2.45) is 0 Å². The van der Waals surface area contributed by atoms with Gasteiger partial charge in [-0.15, -0.1) is 10.2 Å². The number of aryl methyl sites for hydroxylation is 2. The van der Waals surface area contributed by atoms with E-state index >= 15 is 0 Å². The van der Waals surface area contributed by atoms with Gasteiger partial charge in [0.05, 0.1) is 12.2 Å². The van der Waals surface area contributed by atoms with Crippen LogP contribution in [0, 0.1) is 0 Å². The summed E-state index contributed by atoms with van der Waals surface area (Å²) in [5, 5.41) is 17.3. The molecule has 0 atom stereocenters. The maximum atomic E-state index is 5.10. The molecule has 8 nitrogen and oxygen atoms in total. The van der Waals surface area contributed by atoms with Crippen LogP contribution in [0.25, 0.3) is 5.65 Å². The summed E-state index contributed by atoms with van der Waals surface area (Å²) in [5.74, 6) is 2.10. The Labute approximate surface area is 138 Å². The van der Waals surface area contributed by atoms with E-state index in [0.717, 1.165) is 56.8 Å². The first-order valence-corrected chi connectivity index (χ1v) is 8.59. The Morgan fingerprint density at radius 3 is 2.92 bits per heavy atom. The Kier molecular flexibility index (Phi) is 3.29. The number of likely N-dealkylation sites (tertiary alicyclic amines) is 1. The molecule has 8 heteroatoms. The van der Waals surface area contributed by atoms with Gasteiger partial charge in [0.1, 0.15) is 0 Å². The fourth-order valence-corrected chi connectivity index (χ4v) is 3.86. The summed E-state index contributed by atoms with van der Waals surface area (Å²) >= 11 is 0. The summed E-state index contributed by atoms with van der Waals surface area (Å²) < 4.78 is 7.07. The van der Waals surface area contributed by atoms with Crippen LogP contribution in [0.2, 0.25) is 0 Å². The van der Waals surface area contributed by atoms with Gasteiger partial charge < -0.3 is 4.52 Å². The Bertz CT molecular complexity index is 849. The lowest BCUT2D eigenvalue weighted by molar-refractivity contribution is 0.178.